The molecule has 19 heavy (non-hydrogen) atoms. The van der Waals surface area contributed by atoms with Gasteiger partial charge in [-0.15, -0.1) is 0 Å². The van der Waals surface area contributed by atoms with Crippen LogP contribution in [0.5, 0.6) is 0 Å². The Labute approximate surface area is 120 Å². The normalized spacial score (nSPS) is 15.7. The number of benzene rings is 1. The van der Waals surface area contributed by atoms with Crippen molar-refractivity contribution in [1.29, 1.82) is 0 Å². The summed E-state index contributed by atoms with van der Waals surface area (Å²) in [7, 11) is 1.36. The van der Waals surface area contributed by atoms with Gasteiger partial charge in [0.2, 0.25) is 0 Å². The minimum absolute atomic E-state index is 0.132. The van der Waals surface area contributed by atoms with Crippen molar-refractivity contribution in [3.63, 3.8) is 0 Å². The molecule has 1 amide bonds. The maximum absolute atomic E-state index is 12.2. The molecule has 1 fully saturated rings. The molecule has 0 aliphatic heterocycles. The molecule has 4 nitrogen and oxygen atoms in total. The average Bonchev–Trinajstić information content (AvgIpc) is 3.22. The van der Waals surface area contributed by atoms with Crippen LogP contribution in [0.2, 0.25) is 0 Å². The molecule has 5 heteroatoms. The van der Waals surface area contributed by atoms with Gasteiger partial charge in [0.05, 0.1) is 19.1 Å². The summed E-state index contributed by atoms with van der Waals surface area (Å²) in [6.45, 7) is 0. The molecule has 1 aromatic rings. The number of halogens is 1. The molecule has 0 spiro atoms. The van der Waals surface area contributed by atoms with Gasteiger partial charge in [0.1, 0.15) is 0 Å². The SMILES string of the molecule is COC(=O)C[C@@H](NC(=O)c1ccccc1Br)C1CC1. The lowest BCUT2D eigenvalue weighted by Gasteiger charge is -2.17. The van der Waals surface area contributed by atoms with Gasteiger partial charge in [0.25, 0.3) is 5.91 Å². The number of carbonyl (C=O) groups is 2. The van der Waals surface area contributed by atoms with Gasteiger partial charge < -0.3 is 10.1 Å². The number of carbonyl (C=O) groups excluding carboxylic acids is 2. The van der Waals surface area contributed by atoms with Crippen LogP contribution in [-0.4, -0.2) is 25.0 Å². The van der Waals surface area contributed by atoms with Crippen molar-refractivity contribution >= 4 is 27.8 Å². The zero-order valence-electron chi connectivity index (χ0n) is 10.7. The third kappa shape index (κ3) is 3.80. The average molecular weight is 326 g/mol. The minimum atomic E-state index is -0.288. The van der Waals surface area contributed by atoms with Gasteiger partial charge in [0.15, 0.2) is 0 Å². The Morgan fingerprint density at radius 2 is 2.11 bits per heavy atom. The van der Waals surface area contributed by atoms with E-state index in [2.05, 4.69) is 26.0 Å². The molecule has 1 N–H and O–H groups in total. The fourth-order valence-electron chi connectivity index (χ4n) is 1.99. The Morgan fingerprint density at radius 3 is 2.68 bits per heavy atom. The molecule has 0 saturated heterocycles. The summed E-state index contributed by atoms with van der Waals surface area (Å²) in [6.07, 6.45) is 2.34. The monoisotopic (exact) mass is 325 g/mol. The summed E-state index contributed by atoms with van der Waals surface area (Å²) < 4.78 is 5.42. The second-order valence-electron chi connectivity index (χ2n) is 4.68. The second-order valence-corrected chi connectivity index (χ2v) is 5.53. The fraction of sp³-hybridized carbons (Fsp3) is 0.429. The van der Waals surface area contributed by atoms with E-state index in [0.29, 0.717) is 11.5 Å². The van der Waals surface area contributed by atoms with E-state index >= 15 is 0 Å². The van der Waals surface area contributed by atoms with Crippen molar-refractivity contribution in [3.05, 3.63) is 34.3 Å². The minimum Gasteiger partial charge on any atom is -0.469 e. The quantitative estimate of drug-likeness (QED) is 0.846. The van der Waals surface area contributed by atoms with Gasteiger partial charge in [-0.2, -0.15) is 0 Å². The number of amides is 1. The first-order chi connectivity index (χ1) is 9.11. The van der Waals surface area contributed by atoms with E-state index in [0.717, 1.165) is 17.3 Å². The molecular formula is C14H16BrNO3. The van der Waals surface area contributed by atoms with Gasteiger partial charge in [-0.25, -0.2) is 0 Å². The Morgan fingerprint density at radius 1 is 1.42 bits per heavy atom. The molecule has 102 valence electrons. The molecule has 0 bridgehead atoms. The highest BCUT2D eigenvalue weighted by molar-refractivity contribution is 9.10. The predicted octanol–water partition coefficient (Wildman–Crippen LogP) is 2.52. The molecule has 0 aromatic heterocycles. The van der Waals surface area contributed by atoms with E-state index in [-0.39, 0.29) is 24.3 Å². The zero-order chi connectivity index (χ0) is 13.8. The largest absolute Gasteiger partial charge is 0.469 e. The highest BCUT2D eigenvalue weighted by atomic mass is 79.9. The lowest BCUT2D eigenvalue weighted by Crippen LogP contribution is -2.38. The zero-order valence-corrected chi connectivity index (χ0v) is 12.3. The van der Waals surface area contributed by atoms with Crippen molar-refractivity contribution in [2.24, 2.45) is 5.92 Å². The van der Waals surface area contributed by atoms with E-state index in [1.54, 1.807) is 6.07 Å². The number of rotatable bonds is 5. The van der Waals surface area contributed by atoms with Crippen molar-refractivity contribution in [1.82, 2.24) is 5.32 Å². The van der Waals surface area contributed by atoms with Crippen LogP contribution in [0.15, 0.2) is 28.7 Å². The Bertz CT molecular complexity index is 485. The van der Waals surface area contributed by atoms with Crippen LogP contribution in [0.1, 0.15) is 29.6 Å². The van der Waals surface area contributed by atoms with Gasteiger partial charge in [-0.3, -0.25) is 9.59 Å². The molecule has 1 atom stereocenters. The third-order valence-electron chi connectivity index (χ3n) is 3.24. The van der Waals surface area contributed by atoms with Crippen LogP contribution in [0, 0.1) is 5.92 Å². The summed E-state index contributed by atoms with van der Waals surface area (Å²) in [5, 5.41) is 2.93. The molecule has 1 aliphatic rings. The topological polar surface area (TPSA) is 55.4 Å². The predicted molar refractivity (Wildman–Crippen MR) is 74.8 cm³/mol. The first-order valence-corrected chi connectivity index (χ1v) is 7.03. The number of hydrogen-bond donors (Lipinski definition) is 1. The fourth-order valence-corrected chi connectivity index (χ4v) is 2.45. The molecule has 1 saturated carbocycles. The van der Waals surface area contributed by atoms with Crippen molar-refractivity contribution in [2.75, 3.05) is 7.11 Å². The standard InChI is InChI=1S/C14H16BrNO3/c1-19-13(17)8-12(9-6-7-9)16-14(18)10-4-2-3-5-11(10)15/h2-5,9,12H,6-8H2,1H3,(H,16,18)/t12-/m1/s1. The molecule has 0 heterocycles. The summed E-state index contributed by atoms with van der Waals surface area (Å²) in [5.74, 6) is -0.0526. The lowest BCUT2D eigenvalue weighted by atomic mass is 10.1. The van der Waals surface area contributed by atoms with Crippen LogP contribution >= 0.6 is 15.9 Å². The lowest BCUT2D eigenvalue weighted by molar-refractivity contribution is -0.141. The number of nitrogens with one attached hydrogen (secondary N) is 1. The second kappa shape index (κ2) is 6.19. The molecule has 1 aliphatic carbocycles. The van der Waals surface area contributed by atoms with Gasteiger partial charge in [-0.1, -0.05) is 12.1 Å². The molecule has 2 rings (SSSR count). The number of hydrogen-bond acceptors (Lipinski definition) is 3. The molecule has 0 radical (unpaired) electrons. The van der Waals surface area contributed by atoms with Gasteiger partial charge in [-0.05, 0) is 46.8 Å². The van der Waals surface area contributed by atoms with Crippen LogP contribution in [0.25, 0.3) is 0 Å². The molecule has 1 aromatic carbocycles. The van der Waals surface area contributed by atoms with Crippen molar-refractivity contribution < 1.29 is 14.3 Å². The van der Waals surface area contributed by atoms with Gasteiger partial charge >= 0.3 is 5.97 Å². The highest BCUT2D eigenvalue weighted by Crippen LogP contribution is 2.34. The van der Waals surface area contributed by atoms with Crippen molar-refractivity contribution in [3.8, 4) is 0 Å². The molecular weight excluding hydrogens is 310 g/mol. The number of methoxy groups -OCH3 is 1. The van der Waals surface area contributed by atoms with E-state index < -0.39 is 0 Å². The van der Waals surface area contributed by atoms with Crippen LogP contribution < -0.4 is 5.32 Å². The molecule has 0 unspecified atom stereocenters. The Hall–Kier alpha value is -1.36. The van der Waals surface area contributed by atoms with E-state index in [4.69, 9.17) is 0 Å². The van der Waals surface area contributed by atoms with E-state index in [1.807, 2.05) is 18.2 Å². The number of esters is 1. The highest BCUT2D eigenvalue weighted by Gasteiger charge is 2.34. The summed E-state index contributed by atoms with van der Waals surface area (Å²) >= 11 is 3.35. The number of ether oxygens (including phenoxy) is 1. The maximum atomic E-state index is 12.2. The summed E-state index contributed by atoms with van der Waals surface area (Å²) in [5.41, 5.74) is 0.581. The summed E-state index contributed by atoms with van der Waals surface area (Å²) in [4.78, 5) is 23.5. The smallest absolute Gasteiger partial charge is 0.307 e. The van der Waals surface area contributed by atoms with Crippen LogP contribution in [0.4, 0.5) is 0 Å². The van der Waals surface area contributed by atoms with Crippen molar-refractivity contribution in [2.45, 2.75) is 25.3 Å². The van der Waals surface area contributed by atoms with E-state index in [1.165, 1.54) is 7.11 Å². The van der Waals surface area contributed by atoms with Crippen LogP contribution in [-0.2, 0) is 9.53 Å². The Kier molecular flexibility index (Phi) is 4.58. The Balaban J connectivity index is 2.03. The first-order valence-electron chi connectivity index (χ1n) is 6.24. The summed E-state index contributed by atoms with van der Waals surface area (Å²) in [6, 6.07) is 7.11. The maximum Gasteiger partial charge on any atom is 0.307 e. The van der Waals surface area contributed by atoms with Gasteiger partial charge in [0, 0.05) is 10.5 Å². The third-order valence-corrected chi connectivity index (χ3v) is 3.93. The van der Waals surface area contributed by atoms with Crippen LogP contribution in [0.3, 0.4) is 0 Å². The first kappa shape index (κ1) is 14.1. The van der Waals surface area contributed by atoms with E-state index in [9.17, 15) is 9.59 Å².